The number of rotatable bonds is 4. The molecule has 0 heterocycles. The van der Waals surface area contributed by atoms with Crippen LogP contribution in [0.15, 0.2) is 29.2 Å². The summed E-state index contributed by atoms with van der Waals surface area (Å²) in [6.07, 6.45) is 3.90. The number of benzene rings is 1. The van der Waals surface area contributed by atoms with E-state index in [0.717, 1.165) is 27.5 Å². The van der Waals surface area contributed by atoms with Gasteiger partial charge in [0, 0.05) is 16.7 Å². The monoisotopic (exact) mass is 297 g/mol. The van der Waals surface area contributed by atoms with Gasteiger partial charge in [-0.25, -0.2) is 0 Å². The van der Waals surface area contributed by atoms with Crippen LogP contribution in [0.2, 0.25) is 5.02 Å². The smallest absolute Gasteiger partial charge is 0.0541 e. The van der Waals surface area contributed by atoms with Gasteiger partial charge in [-0.15, -0.1) is 11.8 Å². The summed E-state index contributed by atoms with van der Waals surface area (Å²) in [5.41, 5.74) is 6.39. The molecule has 2 N–H and O–H groups in total. The van der Waals surface area contributed by atoms with Crippen LogP contribution in [0.4, 0.5) is 0 Å². The minimum atomic E-state index is 0.288. The van der Waals surface area contributed by atoms with Crippen molar-refractivity contribution in [1.82, 2.24) is 0 Å². The average Bonchev–Trinajstić information content (AvgIpc) is 2.40. The number of thioether (sulfide) groups is 1. The van der Waals surface area contributed by atoms with Crippen LogP contribution in [-0.2, 0) is 0 Å². The highest BCUT2D eigenvalue weighted by atomic mass is 35.5. The minimum absolute atomic E-state index is 0.288. The molecule has 2 rings (SSSR count). The van der Waals surface area contributed by atoms with Gasteiger partial charge in [0.2, 0.25) is 0 Å². The molecule has 0 radical (unpaired) electrons. The van der Waals surface area contributed by atoms with Gasteiger partial charge in [0.15, 0.2) is 0 Å². The molecule has 4 unspecified atom stereocenters. The summed E-state index contributed by atoms with van der Waals surface area (Å²) in [6, 6.07) is 8.31. The van der Waals surface area contributed by atoms with Gasteiger partial charge in [-0.3, -0.25) is 0 Å². The topological polar surface area (TPSA) is 26.0 Å². The van der Waals surface area contributed by atoms with Crippen molar-refractivity contribution in [2.45, 2.75) is 44.0 Å². The quantitative estimate of drug-likeness (QED) is 0.805. The van der Waals surface area contributed by atoms with E-state index in [4.69, 9.17) is 17.3 Å². The van der Waals surface area contributed by atoms with E-state index in [2.05, 4.69) is 19.9 Å². The highest BCUT2D eigenvalue weighted by Gasteiger charge is 2.28. The molecule has 106 valence electrons. The molecular formula is C16H24ClNS. The molecule has 0 amide bonds. The van der Waals surface area contributed by atoms with Gasteiger partial charge in [-0.05, 0) is 42.7 Å². The Morgan fingerprint density at radius 3 is 2.68 bits per heavy atom. The van der Waals surface area contributed by atoms with Gasteiger partial charge in [-0.2, -0.15) is 0 Å². The molecule has 1 aromatic rings. The first-order chi connectivity index (χ1) is 9.08. The van der Waals surface area contributed by atoms with Crippen molar-refractivity contribution in [2.24, 2.45) is 23.5 Å². The SMILES string of the molecule is CC1CCC(C(N)CSc2ccccc2Cl)CC1C. The lowest BCUT2D eigenvalue weighted by Gasteiger charge is -2.35. The second kappa shape index (κ2) is 7.01. The summed E-state index contributed by atoms with van der Waals surface area (Å²) in [5.74, 6) is 3.33. The molecule has 4 atom stereocenters. The number of hydrogen-bond donors (Lipinski definition) is 1. The Kier molecular flexibility index (Phi) is 5.61. The summed E-state index contributed by atoms with van der Waals surface area (Å²) in [5, 5.41) is 0.838. The van der Waals surface area contributed by atoms with Crippen molar-refractivity contribution in [2.75, 3.05) is 5.75 Å². The van der Waals surface area contributed by atoms with Crippen LogP contribution in [0.1, 0.15) is 33.1 Å². The van der Waals surface area contributed by atoms with Gasteiger partial charge in [0.05, 0.1) is 5.02 Å². The molecule has 0 aliphatic heterocycles. The molecule has 0 spiro atoms. The van der Waals surface area contributed by atoms with Crippen LogP contribution in [0, 0.1) is 17.8 Å². The summed E-state index contributed by atoms with van der Waals surface area (Å²) < 4.78 is 0. The van der Waals surface area contributed by atoms with Crippen LogP contribution in [-0.4, -0.2) is 11.8 Å². The Balaban J connectivity index is 1.85. The summed E-state index contributed by atoms with van der Waals surface area (Å²) in [6.45, 7) is 4.73. The van der Waals surface area contributed by atoms with Gasteiger partial charge in [-0.1, -0.05) is 44.0 Å². The lowest BCUT2D eigenvalue weighted by Crippen LogP contribution is -2.37. The van der Waals surface area contributed by atoms with E-state index in [0.29, 0.717) is 5.92 Å². The van der Waals surface area contributed by atoms with Crippen LogP contribution in [0.5, 0.6) is 0 Å². The molecule has 0 bridgehead atoms. The Hall–Kier alpha value is -0.180. The number of nitrogens with two attached hydrogens (primary N) is 1. The van der Waals surface area contributed by atoms with Crippen molar-refractivity contribution in [3.8, 4) is 0 Å². The van der Waals surface area contributed by atoms with E-state index in [1.807, 2.05) is 18.2 Å². The Labute approximate surface area is 126 Å². The molecule has 19 heavy (non-hydrogen) atoms. The maximum Gasteiger partial charge on any atom is 0.0541 e. The number of hydrogen-bond acceptors (Lipinski definition) is 2. The van der Waals surface area contributed by atoms with Crippen molar-refractivity contribution >= 4 is 23.4 Å². The summed E-state index contributed by atoms with van der Waals surface area (Å²) >= 11 is 7.97. The zero-order valence-corrected chi connectivity index (χ0v) is 13.4. The fourth-order valence-electron chi connectivity index (χ4n) is 2.86. The molecule has 1 aliphatic rings. The van der Waals surface area contributed by atoms with Crippen LogP contribution < -0.4 is 5.73 Å². The maximum absolute atomic E-state index is 6.39. The molecular weight excluding hydrogens is 274 g/mol. The third-order valence-electron chi connectivity index (χ3n) is 4.51. The Morgan fingerprint density at radius 2 is 2.00 bits per heavy atom. The number of halogens is 1. The molecule has 1 aromatic carbocycles. The lowest BCUT2D eigenvalue weighted by molar-refractivity contribution is 0.192. The van der Waals surface area contributed by atoms with Crippen molar-refractivity contribution < 1.29 is 0 Å². The van der Waals surface area contributed by atoms with Crippen LogP contribution >= 0.6 is 23.4 Å². The van der Waals surface area contributed by atoms with E-state index in [9.17, 15) is 0 Å². The van der Waals surface area contributed by atoms with Gasteiger partial charge < -0.3 is 5.73 Å². The van der Waals surface area contributed by atoms with Crippen molar-refractivity contribution in [1.29, 1.82) is 0 Å². The summed E-state index contributed by atoms with van der Waals surface area (Å²) in [4.78, 5) is 1.15. The third kappa shape index (κ3) is 4.14. The second-order valence-electron chi connectivity index (χ2n) is 5.93. The van der Waals surface area contributed by atoms with Gasteiger partial charge >= 0.3 is 0 Å². The van der Waals surface area contributed by atoms with E-state index >= 15 is 0 Å². The fourth-order valence-corrected chi connectivity index (χ4v) is 4.19. The van der Waals surface area contributed by atoms with E-state index in [1.54, 1.807) is 11.8 Å². The van der Waals surface area contributed by atoms with E-state index in [-0.39, 0.29) is 6.04 Å². The molecule has 0 saturated heterocycles. The molecule has 1 saturated carbocycles. The highest BCUT2D eigenvalue weighted by molar-refractivity contribution is 7.99. The molecule has 3 heteroatoms. The first-order valence-electron chi connectivity index (χ1n) is 7.21. The lowest BCUT2D eigenvalue weighted by atomic mass is 9.74. The van der Waals surface area contributed by atoms with E-state index in [1.165, 1.54) is 19.3 Å². The van der Waals surface area contributed by atoms with Gasteiger partial charge in [0.1, 0.15) is 0 Å². The molecule has 1 aliphatic carbocycles. The maximum atomic E-state index is 6.39. The second-order valence-corrected chi connectivity index (χ2v) is 7.40. The largest absolute Gasteiger partial charge is 0.327 e. The highest BCUT2D eigenvalue weighted by Crippen LogP contribution is 2.36. The third-order valence-corrected chi connectivity index (χ3v) is 6.17. The first-order valence-corrected chi connectivity index (χ1v) is 8.57. The zero-order chi connectivity index (χ0) is 13.8. The van der Waals surface area contributed by atoms with Gasteiger partial charge in [0.25, 0.3) is 0 Å². The fraction of sp³-hybridized carbons (Fsp3) is 0.625. The standard InChI is InChI=1S/C16H24ClNS/c1-11-7-8-13(9-12(11)2)15(18)10-19-16-6-4-3-5-14(16)17/h3-6,11-13,15H,7-10,18H2,1-2H3. The van der Waals surface area contributed by atoms with Crippen LogP contribution in [0.3, 0.4) is 0 Å². The van der Waals surface area contributed by atoms with Crippen LogP contribution in [0.25, 0.3) is 0 Å². The first kappa shape index (κ1) is 15.2. The Morgan fingerprint density at radius 1 is 1.26 bits per heavy atom. The molecule has 1 fully saturated rings. The average molecular weight is 298 g/mol. The molecule has 0 aromatic heterocycles. The Bertz CT molecular complexity index is 409. The van der Waals surface area contributed by atoms with Crippen molar-refractivity contribution in [3.63, 3.8) is 0 Å². The van der Waals surface area contributed by atoms with Crippen molar-refractivity contribution in [3.05, 3.63) is 29.3 Å². The minimum Gasteiger partial charge on any atom is -0.327 e. The predicted molar refractivity (Wildman–Crippen MR) is 85.8 cm³/mol. The van der Waals surface area contributed by atoms with E-state index < -0.39 is 0 Å². The summed E-state index contributed by atoms with van der Waals surface area (Å²) in [7, 11) is 0. The normalized spacial score (nSPS) is 29.2. The molecule has 1 nitrogen and oxygen atoms in total. The predicted octanol–water partition coefficient (Wildman–Crippen LogP) is 4.83. The zero-order valence-electron chi connectivity index (χ0n) is 11.8.